The fourth-order valence-electron chi connectivity index (χ4n) is 0.967. The number of thiophene rings is 2. The second-order valence-corrected chi connectivity index (χ2v) is 6.34. The van der Waals surface area contributed by atoms with Crippen LogP contribution in [0.2, 0.25) is 13.0 Å². The van der Waals surface area contributed by atoms with Crippen molar-refractivity contribution in [2.24, 2.45) is 0 Å². The molecule has 0 fully saturated rings. The van der Waals surface area contributed by atoms with E-state index in [0.29, 0.717) is 8.67 Å². The van der Waals surface area contributed by atoms with Gasteiger partial charge in [-0.3, -0.25) is 0 Å². The number of hydrogen-bond acceptors (Lipinski definition) is 2. The smallest absolute Gasteiger partial charge is 0.103 e. The third-order valence-electron chi connectivity index (χ3n) is 1.50. The summed E-state index contributed by atoms with van der Waals surface area (Å²) in [5.41, 5.74) is 0.966. The molecule has 13 heavy (non-hydrogen) atoms. The molecule has 5 heteroatoms. The summed E-state index contributed by atoms with van der Waals surface area (Å²) in [6, 6.07) is 5.65. The van der Waals surface area contributed by atoms with Crippen LogP contribution >= 0.6 is 57.5 Å². The minimum atomic E-state index is 0.699. The Morgan fingerprint density at radius 3 is 2.15 bits per heavy atom. The Bertz CT molecular complexity index is 430. The first-order valence-corrected chi connectivity index (χ1v) is 6.14. The van der Waals surface area contributed by atoms with E-state index < -0.39 is 0 Å². The van der Waals surface area contributed by atoms with E-state index in [2.05, 4.69) is 0 Å². The van der Waals surface area contributed by atoms with E-state index in [9.17, 15) is 0 Å². The van der Waals surface area contributed by atoms with Gasteiger partial charge >= 0.3 is 0 Å². The summed E-state index contributed by atoms with van der Waals surface area (Å²) < 4.78 is 2.17. The van der Waals surface area contributed by atoms with Crippen molar-refractivity contribution in [3.8, 4) is 10.4 Å². The summed E-state index contributed by atoms with van der Waals surface area (Å²) in [4.78, 5) is 1.05. The first-order valence-electron chi connectivity index (χ1n) is 3.37. The second-order valence-electron chi connectivity index (χ2n) is 2.34. The maximum absolute atomic E-state index is 5.99. The van der Waals surface area contributed by atoms with E-state index in [1.807, 2.05) is 18.2 Å². The molecule has 2 rings (SSSR count). The number of rotatable bonds is 1. The van der Waals surface area contributed by atoms with E-state index in [1.165, 1.54) is 22.7 Å². The van der Waals surface area contributed by atoms with Gasteiger partial charge in [0.05, 0.1) is 8.67 Å². The summed E-state index contributed by atoms with van der Waals surface area (Å²) in [5, 5.41) is 0. The van der Waals surface area contributed by atoms with Crippen molar-refractivity contribution in [3.63, 3.8) is 0 Å². The van der Waals surface area contributed by atoms with Crippen LogP contribution in [0.25, 0.3) is 10.4 Å². The van der Waals surface area contributed by atoms with E-state index >= 15 is 0 Å². The van der Waals surface area contributed by atoms with Gasteiger partial charge < -0.3 is 0 Å². The van der Waals surface area contributed by atoms with Crippen LogP contribution < -0.4 is 0 Å². The molecule has 0 aromatic carbocycles. The molecule has 0 aliphatic carbocycles. The van der Waals surface area contributed by atoms with Crippen molar-refractivity contribution >= 4 is 57.5 Å². The van der Waals surface area contributed by atoms with Crippen LogP contribution in [0.15, 0.2) is 18.2 Å². The molecule has 68 valence electrons. The summed E-state index contributed by atoms with van der Waals surface area (Å²) in [6.45, 7) is 0. The lowest BCUT2D eigenvalue weighted by atomic mass is 10.3. The van der Waals surface area contributed by atoms with Crippen LogP contribution in [0.4, 0.5) is 0 Å². The third kappa shape index (κ3) is 2.03. The highest BCUT2D eigenvalue weighted by Crippen LogP contribution is 2.41. The molecule has 0 spiro atoms. The fraction of sp³-hybridized carbons (Fsp3) is 0. The van der Waals surface area contributed by atoms with Gasteiger partial charge in [-0.1, -0.05) is 34.8 Å². The SMILES string of the molecule is Clc1ccc(-c2cc(Cl)sc2Cl)s1. The van der Waals surface area contributed by atoms with Gasteiger partial charge in [0, 0.05) is 10.4 Å². The molecule has 0 aliphatic rings. The molecule has 0 atom stereocenters. The van der Waals surface area contributed by atoms with Crippen molar-refractivity contribution in [3.05, 3.63) is 31.2 Å². The Morgan fingerprint density at radius 1 is 0.923 bits per heavy atom. The van der Waals surface area contributed by atoms with Gasteiger partial charge in [-0.2, -0.15) is 0 Å². The predicted octanol–water partition coefficient (Wildman–Crippen LogP) is 5.44. The Labute approximate surface area is 98.7 Å². The standard InChI is InChI=1S/C8H3Cl3S2/c9-6-2-1-5(12-6)4-3-7(10)13-8(4)11/h1-3H. The highest BCUT2D eigenvalue weighted by atomic mass is 35.5. The monoisotopic (exact) mass is 268 g/mol. The van der Waals surface area contributed by atoms with Gasteiger partial charge in [-0.05, 0) is 18.2 Å². The summed E-state index contributed by atoms with van der Waals surface area (Å²) in [5.74, 6) is 0. The van der Waals surface area contributed by atoms with E-state index in [0.717, 1.165) is 14.8 Å². The van der Waals surface area contributed by atoms with Crippen LogP contribution in [0.3, 0.4) is 0 Å². The summed E-state index contributed by atoms with van der Waals surface area (Å²) >= 11 is 20.5. The lowest BCUT2D eigenvalue weighted by Crippen LogP contribution is -1.62. The molecule has 0 bridgehead atoms. The normalized spacial score (nSPS) is 10.7. The molecule has 2 heterocycles. The zero-order chi connectivity index (χ0) is 9.42. The van der Waals surface area contributed by atoms with Crippen LogP contribution in [0, 0.1) is 0 Å². The molecule has 0 radical (unpaired) electrons. The van der Waals surface area contributed by atoms with Gasteiger partial charge in [0.2, 0.25) is 0 Å². The lowest BCUT2D eigenvalue weighted by molar-refractivity contribution is 1.89. The van der Waals surface area contributed by atoms with Crippen molar-refractivity contribution in [1.82, 2.24) is 0 Å². The third-order valence-corrected chi connectivity index (χ3v) is 4.25. The van der Waals surface area contributed by atoms with Gasteiger partial charge in [-0.25, -0.2) is 0 Å². The van der Waals surface area contributed by atoms with Crippen LogP contribution in [0.1, 0.15) is 0 Å². The molecule has 2 aromatic heterocycles. The molecule has 0 saturated heterocycles. The van der Waals surface area contributed by atoms with Gasteiger partial charge in [0.25, 0.3) is 0 Å². The molecule has 2 aromatic rings. The van der Waals surface area contributed by atoms with Crippen molar-refractivity contribution in [2.75, 3.05) is 0 Å². The summed E-state index contributed by atoms with van der Waals surface area (Å²) in [7, 11) is 0. The topological polar surface area (TPSA) is 0 Å². The van der Waals surface area contributed by atoms with Gasteiger partial charge in [0.1, 0.15) is 4.34 Å². The van der Waals surface area contributed by atoms with E-state index in [-0.39, 0.29) is 0 Å². The summed E-state index contributed by atoms with van der Waals surface area (Å²) in [6.07, 6.45) is 0. The quantitative estimate of drug-likeness (QED) is 0.647. The molecular weight excluding hydrogens is 267 g/mol. The Balaban J connectivity index is 2.51. The van der Waals surface area contributed by atoms with Crippen LogP contribution in [0.5, 0.6) is 0 Å². The Hall–Kier alpha value is 0.270. The number of hydrogen-bond donors (Lipinski definition) is 0. The molecule has 0 nitrogen and oxygen atoms in total. The first-order chi connectivity index (χ1) is 6.16. The fourth-order valence-corrected chi connectivity index (χ4v) is 3.65. The van der Waals surface area contributed by atoms with Crippen LogP contribution in [-0.4, -0.2) is 0 Å². The highest BCUT2D eigenvalue weighted by Gasteiger charge is 2.09. The highest BCUT2D eigenvalue weighted by molar-refractivity contribution is 7.22. The van der Waals surface area contributed by atoms with Crippen molar-refractivity contribution < 1.29 is 0 Å². The van der Waals surface area contributed by atoms with Crippen molar-refractivity contribution in [1.29, 1.82) is 0 Å². The molecule has 0 N–H and O–H groups in total. The minimum Gasteiger partial charge on any atom is -0.123 e. The largest absolute Gasteiger partial charge is 0.123 e. The molecule has 0 aliphatic heterocycles. The zero-order valence-corrected chi connectivity index (χ0v) is 10.1. The van der Waals surface area contributed by atoms with Gasteiger partial charge in [-0.15, -0.1) is 22.7 Å². The maximum atomic E-state index is 5.99. The maximum Gasteiger partial charge on any atom is 0.103 e. The second kappa shape index (κ2) is 3.79. The van der Waals surface area contributed by atoms with Gasteiger partial charge in [0.15, 0.2) is 0 Å². The average molecular weight is 270 g/mol. The minimum absolute atomic E-state index is 0.699. The van der Waals surface area contributed by atoms with E-state index in [1.54, 1.807) is 0 Å². The van der Waals surface area contributed by atoms with E-state index in [4.69, 9.17) is 34.8 Å². The zero-order valence-electron chi connectivity index (χ0n) is 6.18. The molecule has 0 unspecified atom stereocenters. The molecule has 0 saturated carbocycles. The van der Waals surface area contributed by atoms with Crippen LogP contribution in [-0.2, 0) is 0 Å². The van der Waals surface area contributed by atoms with Crippen molar-refractivity contribution in [2.45, 2.75) is 0 Å². The average Bonchev–Trinajstić information content (AvgIpc) is 2.58. The Kier molecular flexibility index (Phi) is 2.86. The molecule has 0 amide bonds. The molecular formula is C8H3Cl3S2. The number of halogens is 3. The lowest BCUT2D eigenvalue weighted by Gasteiger charge is -1.90. The Morgan fingerprint density at radius 2 is 1.69 bits per heavy atom. The first kappa shape index (κ1) is 9.81. The predicted molar refractivity (Wildman–Crippen MR) is 62.7 cm³/mol.